The van der Waals surface area contributed by atoms with Crippen LogP contribution in [0.15, 0.2) is 5.57 Å². The number of rotatable bonds is 8. The lowest BCUT2D eigenvalue weighted by atomic mass is 9.80. The molecule has 0 heterocycles. The molecule has 1 rings (SSSR count). The van der Waals surface area contributed by atoms with Gasteiger partial charge in [-0.25, -0.2) is 0 Å². The van der Waals surface area contributed by atoms with Crippen LogP contribution >= 0.6 is 7.92 Å². The first-order chi connectivity index (χ1) is 15.2. The highest BCUT2D eigenvalue weighted by molar-refractivity contribution is 7.68. The van der Waals surface area contributed by atoms with Gasteiger partial charge in [-0.2, -0.15) is 0 Å². The summed E-state index contributed by atoms with van der Waals surface area (Å²) in [5, 5.41) is 1.73. The zero-order valence-electron chi connectivity index (χ0n) is 25.5. The first-order valence-electron chi connectivity index (χ1n) is 13.4. The molecule has 0 saturated carbocycles. The third kappa shape index (κ3) is 6.84. The second-order valence-corrected chi connectivity index (χ2v) is 17.2. The largest absolute Gasteiger partial charge is 0.294 e. The van der Waals surface area contributed by atoms with Crippen LogP contribution in [-0.4, -0.2) is 16.1 Å². The van der Waals surface area contributed by atoms with Crippen molar-refractivity contribution in [2.75, 3.05) is 0 Å². The average Bonchev–Trinajstić information content (AvgIpc) is 2.65. The molecule has 194 valence electrons. The van der Waals surface area contributed by atoms with Gasteiger partial charge in [0.05, 0.1) is 0 Å². The Hall–Kier alpha value is -0.940. The molecule has 1 nitrogen and oxygen atoms in total. The van der Waals surface area contributed by atoms with E-state index in [0.29, 0.717) is 17.6 Å². The van der Waals surface area contributed by atoms with Gasteiger partial charge < -0.3 is 0 Å². The summed E-state index contributed by atoms with van der Waals surface area (Å²) in [4.78, 5) is 14.1. The van der Waals surface area contributed by atoms with E-state index in [0.717, 1.165) is 18.4 Å². The van der Waals surface area contributed by atoms with Crippen molar-refractivity contribution in [2.24, 2.45) is 17.8 Å². The number of hydrogen-bond donors (Lipinski definition) is 0. The molecule has 0 radical (unpaired) electrons. The number of ketones is 1. The molecule has 0 atom stereocenters. The second kappa shape index (κ2) is 11.4. The molecule has 0 fully saturated rings. The molecule has 0 aliphatic heterocycles. The molecule has 0 bridgehead atoms. The smallest absolute Gasteiger partial charge is 0.165 e. The van der Waals surface area contributed by atoms with Crippen LogP contribution in [0.3, 0.4) is 0 Å². The van der Waals surface area contributed by atoms with Gasteiger partial charge in [0.25, 0.3) is 0 Å². The van der Waals surface area contributed by atoms with E-state index in [1.807, 2.05) is 0 Å². The summed E-state index contributed by atoms with van der Waals surface area (Å²) in [6.07, 6.45) is 2.12. The number of benzene rings is 1. The van der Waals surface area contributed by atoms with Crippen LogP contribution in [0.2, 0.25) is 0 Å². The molecule has 34 heavy (non-hydrogen) atoms. The van der Waals surface area contributed by atoms with Crippen LogP contribution in [0.5, 0.6) is 0 Å². The fraction of sp³-hybridized carbons (Fsp3) is 0.719. The summed E-state index contributed by atoms with van der Waals surface area (Å²) < 4.78 is 0. The van der Waals surface area contributed by atoms with Crippen molar-refractivity contribution in [3.8, 4) is 0 Å². The normalized spacial score (nSPS) is 14.0. The van der Waals surface area contributed by atoms with E-state index in [1.54, 1.807) is 0 Å². The average molecular weight is 487 g/mol. The molecule has 0 aliphatic carbocycles. The second-order valence-electron chi connectivity index (χ2n) is 13.4. The first kappa shape index (κ1) is 31.1. The minimum Gasteiger partial charge on any atom is -0.294 e. The van der Waals surface area contributed by atoms with Gasteiger partial charge in [-0.1, -0.05) is 96.6 Å². The Labute approximate surface area is 214 Å². The van der Waals surface area contributed by atoms with Gasteiger partial charge in [-0.3, -0.25) is 4.79 Å². The Morgan fingerprint density at radius 1 is 0.706 bits per heavy atom. The third-order valence-electron chi connectivity index (χ3n) is 7.25. The van der Waals surface area contributed by atoms with E-state index in [9.17, 15) is 4.79 Å². The van der Waals surface area contributed by atoms with E-state index in [1.165, 1.54) is 38.7 Å². The monoisotopic (exact) mass is 486 g/mol. The maximum absolute atomic E-state index is 14.1. The van der Waals surface area contributed by atoms with Crippen LogP contribution in [-0.2, 0) is 4.79 Å². The molecular weight excluding hydrogens is 431 g/mol. The van der Waals surface area contributed by atoms with Crippen LogP contribution < -0.4 is 5.30 Å². The zero-order valence-corrected chi connectivity index (χ0v) is 26.4. The van der Waals surface area contributed by atoms with Gasteiger partial charge in [-0.15, -0.1) is 0 Å². The van der Waals surface area contributed by atoms with Gasteiger partial charge in [0.15, 0.2) is 5.78 Å². The lowest BCUT2D eigenvalue weighted by molar-refractivity contribution is -0.116. The molecular formula is C32H55OP. The molecule has 0 unspecified atom stereocenters. The molecule has 0 saturated heterocycles. The van der Waals surface area contributed by atoms with Crippen molar-refractivity contribution in [1.29, 1.82) is 0 Å². The zero-order chi connectivity index (χ0) is 26.9. The number of carbonyl (C=O) groups excluding carboxylic acids is 1. The molecule has 0 aromatic heterocycles. The number of hydrogen-bond acceptors (Lipinski definition) is 1. The van der Waals surface area contributed by atoms with E-state index in [4.69, 9.17) is 0 Å². The fourth-order valence-corrected chi connectivity index (χ4v) is 9.79. The van der Waals surface area contributed by atoms with Crippen LogP contribution in [0, 0.1) is 45.4 Å². The van der Waals surface area contributed by atoms with Crippen molar-refractivity contribution >= 4 is 24.6 Å². The minimum absolute atomic E-state index is 0.0209. The van der Waals surface area contributed by atoms with Crippen molar-refractivity contribution in [2.45, 2.75) is 134 Å². The highest BCUT2D eigenvalue weighted by Gasteiger charge is 2.40. The highest BCUT2D eigenvalue weighted by atomic mass is 31.1. The van der Waals surface area contributed by atoms with Crippen molar-refractivity contribution in [3.63, 3.8) is 0 Å². The predicted molar refractivity (Wildman–Crippen MR) is 157 cm³/mol. The van der Waals surface area contributed by atoms with Gasteiger partial charge in [0.1, 0.15) is 0 Å². The van der Waals surface area contributed by atoms with Gasteiger partial charge in [0.2, 0.25) is 0 Å². The molecule has 1 aromatic carbocycles. The minimum atomic E-state index is -0.553. The highest BCUT2D eigenvalue weighted by Crippen LogP contribution is 2.60. The lowest BCUT2D eigenvalue weighted by Crippen LogP contribution is -2.35. The van der Waals surface area contributed by atoms with Crippen LogP contribution in [0.1, 0.15) is 124 Å². The van der Waals surface area contributed by atoms with E-state index < -0.39 is 7.92 Å². The van der Waals surface area contributed by atoms with Gasteiger partial charge in [0, 0.05) is 11.5 Å². The lowest BCUT2D eigenvalue weighted by Gasteiger charge is -2.44. The molecule has 0 spiro atoms. The Morgan fingerprint density at radius 2 is 1.15 bits per heavy atom. The summed E-state index contributed by atoms with van der Waals surface area (Å²) in [5.74, 6) is 1.26. The Morgan fingerprint density at radius 3 is 1.50 bits per heavy atom. The molecule has 2 heteroatoms. The van der Waals surface area contributed by atoms with Crippen molar-refractivity contribution < 1.29 is 4.79 Å². The number of Topliss-reactive ketones (excluding diaryl/α,β-unsaturated/α-hetero) is 1. The maximum Gasteiger partial charge on any atom is 0.165 e. The summed E-state index contributed by atoms with van der Waals surface area (Å²) in [7, 11) is -0.553. The first-order valence-corrected chi connectivity index (χ1v) is 14.8. The van der Waals surface area contributed by atoms with Crippen molar-refractivity contribution in [3.05, 3.63) is 33.4 Å². The number of allylic oxidation sites excluding steroid dienone is 2. The van der Waals surface area contributed by atoms with Gasteiger partial charge >= 0.3 is 0 Å². The molecule has 0 N–H and O–H groups in total. The Bertz CT molecular complexity index is 900. The summed E-state index contributed by atoms with van der Waals surface area (Å²) in [6.45, 7) is 36.8. The predicted octanol–water partition coefficient (Wildman–Crippen LogP) is 9.70. The third-order valence-corrected chi connectivity index (χ3v) is 10.9. The molecule has 1 aromatic rings. The van der Waals surface area contributed by atoms with E-state index in [-0.39, 0.29) is 16.2 Å². The Balaban J connectivity index is 4.42. The molecule has 0 amide bonds. The summed E-state index contributed by atoms with van der Waals surface area (Å²) in [5.41, 5.74) is 9.13. The van der Waals surface area contributed by atoms with Crippen LogP contribution in [0.4, 0.5) is 0 Å². The summed E-state index contributed by atoms with van der Waals surface area (Å²) >= 11 is 0. The van der Waals surface area contributed by atoms with Crippen molar-refractivity contribution in [1.82, 2.24) is 0 Å². The summed E-state index contributed by atoms with van der Waals surface area (Å²) in [6, 6.07) is 0. The SMILES string of the molecule is Cc1c(C)c(C)c(P(C(C)(C)C)C(C)(C)C)c(/C(C(=O)C(C)C)=C(/CCC(C)C)C(C)C)c1C. The number of carbonyl (C=O) groups is 1. The van der Waals surface area contributed by atoms with Crippen LogP contribution in [0.25, 0.3) is 5.57 Å². The molecule has 0 aliphatic rings. The Kier molecular flexibility index (Phi) is 10.4. The quantitative estimate of drug-likeness (QED) is 0.264. The van der Waals surface area contributed by atoms with E-state index >= 15 is 0 Å². The standard InChI is InChI=1S/C32H55OP/c1-19(2)17-18-26(20(3)4)28(29(33)21(5)6)27-24(9)22(7)23(8)25(10)30(27)34(31(11,12)13)32(14,15)16/h19-21H,17-18H2,1-16H3/b28-26+. The van der Waals surface area contributed by atoms with E-state index in [2.05, 4.69) is 111 Å². The maximum atomic E-state index is 14.1. The fourth-order valence-electron chi connectivity index (χ4n) is 5.43. The van der Waals surface area contributed by atoms with Gasteiger partial charge in [-0.05, 0) is 95.8 Å². The topological polar surface area (TPSA) is 17.1 Å².